The molecule has 0 atom stereocenters. The van der Waals surface area contributed by atoms with E-state index in [1.807, 2.05) is 0 Å². The quantitative estimate of drug-likeness (QED) is 0.626. The smallest absolute Gasteiger partial charge is 0.171 e. The molecule has 0 fully saturated rings. The Morgan fingerprint density at radius 2 is 1.88 bits per heavy atom. The molecule has 0 heterocycles. The Hall–Kier alpha value is -1.23. The van der Waals surface area contributed by atoms with Gasteiger partial charge in [-0.3, -0.25) is 0 Å². The van der Waals surface area contributed by atoms with Crippen molar-refractivity contribution in [2.75, 3.05) is 13.7 Å². The summed E-state index contributed by atoms with van der Waals surface area (Å²) in [4.78, 5) is 0. The predicted octanol–water partition coefficient (Wildman–Crippen LogP) is 2.39. The van der Waals surface area contributed by atoms with Crippen LogP contribution in [0.25, 0.3) is 0 Å². The van der Waals surface area contributed by atoms with Crippen molar-refractivity contribution in [2.24, 2.45) is 5.73 Å². The van der Waals surface area contributed by atoms with Gasteiger partial charge in [0.1, 0.15) is 0 Å². The number of nitrogens with two attached hydrogens (primary N) is 1. The third-order valence-electron chi connectivity index (χ3n) is 2.31. The lowest BCUT2D eigenvalue weighted by Crippen LogP contribution is -2.04. The van der Waals surface area contributed by atoms with Crippen molar-refractivity contribution in [3.05, 3.63) is 29.1 Å². The van der Waals surface area contributed by atoms with Gasteiger partial charge in [-0.2, -0.15) is 0 Å². The van der Waals surface area contributed by atoms with Gasteiger partial charge in [0.25, 0.3) is 0 Å². The Balaban J connectivity index is 3.00. The first-order chi connectivity index (χ1) is 7.61. The van der Waals surface area contributed by atoms with Gasteiger partial charge in [0.15, 0.2) is 23.2 Å². The van der Waals surface area contributed by atoms with E-state index < -0.39 is 17.5 Å². The van der Waals surface area contributed by atoms with Crippen LogP contribution in [0.15, 0.2) is 6.07 Å². The summed E-state index contributed by atoms with van der Waals surface area (Å²) in [6.07, 6.45) is 1.26. The molecule has 1 aromatic carbocycles. The molecular weight excluding hydrogens is 219 g/mol. The fourth-order valence-electron chi connectivity index (χ4n) is 1.45. The van der Waals surface area contributed by atoms with Crippen molar-refractivity contribution in [2.45, 2.75) is 19.3 Å². The second kappa shape index (κ2) is 5.75. The summed E-state index contributed by atoms with van der Waals surface area (Å²) in [5, 5.41) is 0. The van der Waals surface area contributed by atoms with Crippen molar-refractivity contribution in [3.63, 3.8) is 0 Å². The lowest BCUT2D eigenvalue weighted by Gasteiger charge is -2.09. The average molecular weight is 233 g/mol. The summed E-state index contributed by atoms with van der Waals surface area (Å²) in [5.41, 5.74) is 5.00. The van der Waals surface area contributed by atoms with Crippen molar-refractivity contribution in [1.29, 1.82) is 0 Å². The molecule has 0 saturated carbocycles. The number of rotatable bonds is 5. The minimum absolute atomic E-state index is 0.114. The van der Waals surface area contributed by atoms with E-state index in [4.69, 9.17) is 5.73 Å². The van der Waals surface area contributed by atoms with Crippen molar-refractivity contribution < 1.29 is 17.9 Å². The van der Waals surface area contributed by atoms with Gasteiger partial charge in [0.05, 0.1) is 7.11 Å². The molecule has 5 heteroatoms. The molecular formula is C11H14F3NO. The number of unbranched alkanes of at least 4 members (excludes halogenated alkanes) is 1. The maximum absolute atomic E-state index is 13.6. The topological polar surface area (TPSA) is 35.2 Å². The second-order valence-electron chi connectivity index (χ2n) is 3.41. The number of hydrogen-bond acceptors (Lipinski definition) is 2. The molecule has 2 N–H and O–H groups in total. The van der Waals surface area contributed by atoms with E-state index in [0.29, 0.717) is 25.5 Å². The van der Waals surface area contributed by atoms with Crippen LogP contribution in [-0.4, -0.2) is 13.7 Å². The van der Waals surface area contributed by atoms with Gasteiger partial charge in [0, 0.05) is 11.6 Å². The number of methoxy groups -OCH3 is 1. The van der Waals surface area contributed by atoms with E-state index in [1.165, 1.54) is 7.11 Å². The fourth-order valence-corrected chi connectivity index (χ4v) is 1.45. The van der Waals surface area contributed by atoms with Gasteiger partial charge in [-0.05, 0) is 25.8 Å². The standard InChI is InChI=1S/C11H14F3NO/c1-16-9-6-8(12)10(13)7(11(9)14)4-2-3-5-15/h6H,2-5,15H2,1H3. The van der Waals surface area contributed by atoms with Crippen LogP contribution in [0.4, 0.5) is 13.2 Å². The zero-order valence-corrected chi connectivity index (χ0v) is 9.03. The van der Waals surface area contributed by atoms with E-state index in [0.717, 1.165) is 0 Å². The first-order valence-corrected chi connectivity index (χ1v) is 5.02. The van der Waals surface area contributed by atoms with Gasteiger partial charge >= 0.3 is 0 Å². The van der Waals surface area contributed by atoms with Crippen LogP contribution in [0.1, 0.15) is 18.4 Å². The SMILES string of the molecule is COc1cc(F)c(F)c(CCCCN)c1F. The maximum Gasteiger partial charge on any atom is 0.171 e. The summed E-state index contributed by atoms with van der Waals surface area (Å²) < 4.78 is 44.6. The fraction of sp³-hybridized carbons (Fsp3) is 0.455. The van der Waals surface area contributed by atoms with Crippen LogP contribution in [-0.2, 0) is 6.42 Å². The molecule has 1 aromatic rings. The first-order valence-electron chi connectivity index (χ1n) is 5.02. The van der Waals surface area contributed by atoms with Gasteiger partial charge in [-0.1, -0.05) is 0 Å². The average Bonchev–Trinajstić information content (AvgIpc) is 2.28. The predicted molar refractivity (Wildman–Crippen MR) is 54.9 cm³/mol. The number of benzene rings is 1. The molecule has 1 rings (SSSR count). The third kappa shape index (κ3) is 2.66. The van der Waals surface area contributed by atoms with Crippen LogP contribution in [0.2, 0.25) is 0 Å². The molecule has 0 bridgehead atoms. The highest BCUT2D eigenvalue weighted by molar-refractivity contribution is 5.33. The molecule has 16 heavy (non-hydrogen) atoms. The molecule has 2 nitrogen and oxygen atoms in total. The Labute approximate surface area is 92.2 Å². The highest BCUT2D eigenvalue weighted by Crippen LogP contribution is 2.26. The Morgan fingerprint density at radius 1 is 1.19 bits per heavy atom. The van der Waals surface area contributed by atoms with E-state index in [9.17, 15) is 13.2 Å². The largest absolute Gasteiger partial charge is 0.494 e. The van der Waals surface area contributed by atoms with Crippen molar-refractivity contribution in [1.82, 2.24) is 0 Å². The summed E-state index contributed by atoms with van der Waals surface area (Å²) in [5.74, 6) is -3.35. The van der Waals surface area contributed by atoms with Gasteiger partial charge in [0.2, 0.25) is 0 Å². The molecule has 90 valence electrons. The minimum Gasteiger partial charge on any atom is -0.494 e. The van der Waals surface area contributed by atoms with E-state index in [-0.39, 0.29) is 17.7 Å². The Bertz CT molecular complexity index is 369. The number of ether oxygens (including phenoxy) is 1. The Kier molecular flexibility index (Phi) is 4.61. The van der Waals surface area contributed by atoms with Crippen LogP contribution < -0.4 is 10.5 Å². The molecule has 0 aromatic heterocycles. The van der Waals surface area contributed by atoms with E-state index in [2.05, 4.69) is 4.74 Å². The van der Waals surface area contributed by atoms with Crippen LogP contribution in [0.3, 0.4) is 0 Å². The number of hydrogen-bond donors (Lipinski definition) is 1. The molecule has 0 radical (unpaired) electrons. The molecule has 0 aliphatic rings. The molecule has 0 aliphatic heterocycles. The lowest BCUT2D eigenvalue weighted by molar-refractivity contribution is 0.370. The lowest BCUT2D eigenvalue weighted by atomic mass is 10.1. The van der Waals surface area contributed by atoms with Gasteiger partial charge in [-0.15, -0.1) is 0 Å². The summed E-state index contributed by atoms with van der Waals surface area (Å²) in [6.45, 7) is 0.440. The molecule has 0 unspecified atom stereocenters. The highest BCUT2D eigenvalue weighted by atomic mass is 19.2. The molecule has 0 amide bonds. The summed E-state index contributed by atoms with van der Waals surface area (Å²) >= 11 is 0. The van der Waals surface area contributed by atoms with Gasteiger partial charge < -0.3 is 10.5 Å². The van der Waals surface area contributed by atoms with Crippen molar-refractivity contribution >= 4 is 0 Å². The molecule has 0 saturated heterocycles. The second-order valence-corrected chi connectivity index (χ2v) is 3.41. The monoisotopic (exact) mass is 233 g/mol. The Morgan fingerprint density at radius 3 is 2.44 bits per heavy atom. The molecule has 0 aliphatic carbocycles. The highest BCUT2D eigenvalue weighted by Gasteiger charge is 2.18. The zero-order valence-electron chi connectivity index (χ0n) is 9.03. The number of halogens is 3. The third-order valence-corrected chi connectivity index (χ3v) is 2.31. The van der Waals surface area contributed by atoms with Gasteiger partial charge in [-0.25, -0.2) is 13.2 Å². The van der Waals surface area contributed by atoms with E-state index in [1.54, 1.807) is 0 Å². The summed E-state index contributed by atoms with van der Waals surface area (Å²) in [7, 11) is 1.21. The van der Waals surface area contributed by atoms with Crippen LogP contribution in [0.5, 0.6) is 5.75 Å². The minimum atomic E-state index is -1.14. The normalized spacial score (nSPS) is 10.6. The summed E-state index contributed by atoms with van der Waals surface area (Å²) in [6, 6.07) is 0.705. The zero-order chi connectivity index (χ0) is 12.1. The molecule has 0 spiro atoms. The van der Waals surface area contributed by atoms with Crippen molar-refractivity contribution in [3.8, 4) is 5.75 Å². The van der Waals surface area contributed by atoms with Crippen LogP contribution >= 0.6 is 0 Å². The maximum atomic E-state index is 13.6. The first kappa shape index (κ1) is 12.8. The van der Waals surface area contributed by atoms with E-state index >= 15 is 0 Å². The van der Waals surface area contributed by atoms with Crippen LogP contribution in [0, 0.1) is 17.5 Å².